The van der Waals surface area contributed by atoms with Crippen LogP contribution in [0, 0.1) is 0 Å². The molecule has 1 aromatic carbocycles. The molecule has 0 amide bonds. The average Bonchev–Trinajstić information content (AvgIpc) is 3.32. The monoisotopic (exact) mass is 358 g/mol. The summed E-state index contributed by atoms with van der Waals surface area (Å²) in [6.45, 7) is 4.18. The van der Waals surface area contributed by atoms with Crippen molar-refractivity contribution in [2.24, 2.45) is 4.99 Å². The number of benzene rings is 1. The van der Waals surface area contributed by atoms with Crippen molar-refractivity contribution < 1.29 is 9.47 Å². The summed E-state index contributed by atoms with van der Waals surface area (Å²) in [4.78, 5) is 8.76. The molecule has 26 heavy (non-hydrogen) atoms. The first-order chi connectivity index (χ1) is 12.6. The van der Waals surface area contributed by atoms with Gasteiger partial charge in [-0.3, -0.25) is 10.1 Å². The molecule has 1 unspecified atom stereocenters. The lowest BCUT2D eigenvalue weighted by atomic mass is 10.0. The van der Waals surface area contributed by atoms with Crippen LogP contribution < -0.4 is 15.4 Å². The van der Waals surface area contributed by atoms with Crippen LogP contribution in [0.3, 0.4) is 0 Å². The van der Waals surface area contributed by atoms with Crippen molar-refractivity contribution in [1.82, 2.24) is 25.8 Å². The van der Waals surface area contributed by atoms with E-state index in [0.717, 1.165) is 43.1 Å². The molecule has 1 fully saturated rings. The van der Waals surface area contributed by atoms with Gasteiger partial charge in [0.1, 0.15) is 11.6 Å². The van der Waals surface area contributed by atoms with E-state index in [1.165, 1.54) is 0 Å². The molecule has 1 atom stereocenters. The third-order valence-electron chi connectivity index (χ3n) is 4.46. The molecule has 0 saturated carbocycles. The summed E-state index contributed by atoms with van der Waals surface area (Å²) in [6, 6.07) is 7.64. The van der Waals surface area contributed by atoms with Gasteiger partial charge < -0.3 is 20.1 Å². The van der Waals surface area contributed by atoms with Gasteiger partial charge in [0, 0.05) is 25.8 Å². The van der Waals surface area contributed by atoms with Crippen LogP contribution >= 0.6 is 0 Å². The Hall–Kier alpha value is -2.61. The molecule has 1 aromatic heterocycles. The number of nitrogens with zero attached hydrogens (tertiary/aromatic N) is 3. The van der Waals surface area contributed by atoms with Crippen molar-refractivity contribution >= 4 is 5.96 Å². The zero-order valence-corrected chi connectivity index (χ0v) is 15.5. The van der Waals surface area contributed by atoms with E-state index in [2.05, 4.69) is 37.7 Å². The minimum Gasteiger partial charge on any atom is -0.497 e. The summed E-state index contributed by atoms with van der Waals surface area (Å²) >= 11 is 0. The van der Waals surface area contributed by atoms with E-state index in [9.17, 15) is 0 Å². The number of hydrogen-bond donors (Lipinski definition) is 3. The molecule has 140 valence electrons. The van der Waals surface area contributed by atoms with Gasteiger partial charge in [0.25, 0.3) is 0 Å². The van der Waals surface area contributed by atoms with E-state index in [0.29, 0.717) is 18.3 Å². The fraction of sp³-hybridized carbons (Fsp3) is 0.500. The van der Waals surface area contributed by atoms with E-state index in [-0.39, 0.29) is 5.60 Å². The Labute approximate surface area is 153 Å². The molecule has 0 aliphatic carbocycles. The maximum absolute atomic E-state index is 5.78. The highest BCUT2D eigenvalue weighted by atomic mass is 16.5. The summed E-state index contributed by atoms with van der Waals surface area (Å²) in [7, 11) is 3.39. The smallest absolute Gasteiger partial charge is 0.191 e. The molecule has 0 spiro atoms. The fourth-order valence-corrected chi connectivity index (χ4v) is 2.88. The van der Waals surface area contributed by atoms with Gasteiger partial charge in [-0.05, 0) is 44.0 Å². The average molecular weight is 358 g/mol. The molecule has 0 radical (unpaired) electrons. The molecule has 0 bridgehead atoms. The Bertz CT molecular complexity index is 734. The first-order valence-corrected chi connectivity index (χ1v) is 8.76. The topological polar surface area (TPSA) is 96.5 Å². The fourth-order valence-electron chi connectivity index (χ4n) is 2.88. The molecular weight excluding hydrogens is 332 g/mol. The number of aromatic amines is 1. The van der Waals surface area contributed by atoms with Crippen molar-refractivity contribution in [1.29, 1.82) is 0 Å². The summed E-state index contributed by atoms with van der Waals surface area (Å²) in [5.74, 6) is 2.91. The molecule has 2 aromatic rings. The van der Waals surface area contributed by atoms with Crippen LogP contribution in [-0.2, 0) is 11.3 Å². The number of rotatable bonds is 6. The zero-order valence-electron chi connectivity index (χ0n) is 15.5. The second-order valence-electron chi connectivity index (χ2n) is 6.52. The largest absolute Gasteiger partial charge is 0.497 e. The molecular formula is C18H26N6O2. The number of nitrogens with one attached hydrogen (secondary N) is 3. The van der Waals surface area contributed by atoms with Crippen molar-refractivity contribution in [3.05, 3.63) is 30.1 Å². The van der Waals surface area contributed by atoms with Crippen molar-refractivity contribution in [3.8, 4) is 17.1 Å². The van der Waals surface area contributed by atoms with Crippen LogP contribution in [0.4, 0.5) is 0 Å². The molecule has 2 heterocycles. The van der Waals surface area contributed by atoms with Crippen molar-refractivity contribution in [2.45, 2.75) is 31.9 Å². The number of aliphatic imine (C=N–C) groups is 1. The van der Waals surface area contributed by atoms with E-state index in [1.807, 2.05) is 24.3 Å². The highest BCUT2D eigenvalue weighted by molar-refractivity contribution is 5.79. The van der Waals surface area contributed by atoms with Crippen LogP contribution in [0.5, 0.6) is 5.75 Å². The third-order valence-corrected chi connectivity index (χ3v) is 4.46. The molecule has 3 rings (SSSR count). The Balaban J connectivity index is 1.53. The number of hydrogen-bond acceptors (Lipinski definition) is 5. The maximum atomic E-state index is 5.78. The van der Waals surface area contributed by atoms with Gasteiger partial charge in [0.05, 0.1) is 19.3 Å². The van der Waals surface area contributed by atoms with Crippen LogP contribution in [0.2, 0.25) is 0 Å². The van der Waals surface area contributed by atoms with Crippen LogP contribution in [0.15, 0.2) is 29.3 Å². The predicted octanol–water partition coefficient (Wildman–Crippen LogP) is 1.71. The Morgan fingerprint density at radius 2 is 2.15 bits per heavy atom. The van der Waals surface area contributed by atoms with Crippen LogP contribution in [0.1, 0.15) is 25.6 Å². The number of aromatic nitrogens is 3. The Morgan fingerprint density at radius 1 is 1.35 bits per heavy atom. The van der Waals surface area contributed by atoms with Crippen molar-refractivity contribution in [2.75, 3.05) is 27.3 Å². The Morgan fingerprint density at radius 3 is 2.81 bits per heavy atom. The van der Waals surface area contributed by atoms with Crippen molar-refractivity contribution in [3.63, 3.8) is 0 Å². The molecule has 3 N–H and O–H groups in total. The van der Waals surface area contributed by atoms with Gasteiger partial charge in [-0.15, -0.1) is 0 Å². The van der Waals surface area contributed by atoms with E-state index < -0.39 is 0 Å². The van der Waals surface area contributed by atoms with Gasteiger partial charge in [0.2, 0.25) is 0 Å². The second kappa shape index (κ2) is 8.18. The van der Waals surface area contributed by atoms with E-state index in [4.69, 9.17) is 9.47 Å². The highest BCUT2D eigenvalue weighted by Crippen LogP contribution is 2.23. The first-order valence-electron chi connectivity index (χ1n) is 8.76. The summed E-state index contributed by atoms with van der Waals surface area (Å²) in [5, 5.41) is 13.8. The SMILES string of the molecule is CN=C(NCc1nc(-c2ccc(OC)cc2)n[nH]1)NCC1(C)CCCO1. The molecule has 1 aliphatic rings. The number of methoxy groups -OCH3 is 1. The zero-order chi connectivity index (χ0) is 18.4. The lowest BCUT2D eigenvalue weighted by Gasteiger charge is -2.24. The number of H-pyrrole nitrogens is 1. The Kier molecular flexibility index (Phi) is 5.72. The summed E-state index contributed by atoms with van der Waals surface area (Å²) in [6.07, 6.45) is 2.17. The predicted molar refractivity (Wildman–Crippen MR) is 100 cm³/mol. The quantitative estimate of drug-likeness (QED) is 0.537. The molecule has 1 aliphatic heterocycles. The van der Waals surface area contributed by atoms with Gasteiger partial charge in [-0.1, -0.05) is 0 Å². The van der Waals surface area contributed by atoms with Crippen LogP contribution in [0.25, 0.3) is 11.4 Å². The van der Waals surface area contributed by atoms with Gasteiger partial charge >= 0.3 is 0 Å². The third kappa shape index (κ3) is 4.51. The van der Waals surface area contributed by atoms with Gasteiger partial charge in [-0.2, -0.15) is 5.10 Å². The standard InChI is InChI=1S/C18H26N6O2/c1-18(9-4-10-26-18)12-21-17(19-2)20-11-15-22-16(24-23-15)13-5-7-14(25-3)8-6-13/h5-8H,4,9-12H2,1-3H3,(H2,19,20,21)(H,22,23,24). The summed E-state index contributed by atoms with van der Waals surface area (Å²) < 4.78 is 11.0. The summed E-state index contributed by atoms with van der Waals surface area (Å²) in [5.41, 5.74) is 0.813. The van der Waals surface area contributed by atoms with E-state index >= 15 is 0 Å². The van der Waals surface area contributed by atoms with Gasteiger partial charge in [-0.25, -0.2) is 4.98 Å². The molecule has 8 heteroatoms. The maximum Gasteiger partial charge on any atom is 0.191 e. The minimum atomic E-state index is -0.120. The molecule has 8 nitrogen and oxygen atoms in total. The number of guanidine groups is 1. The van der Waals surface area contributed by atoms with Gasteiger partial charge in [0.15, 0.2) is 11.8 Å². The normalized spacial score (nSPS) is 20.2. The van der Waals surface area contributed by atoms with Crippen LogP contribution in [-0.4, -0.2) is 54.1 Å². The van der Waals surface area contributed by atoms with E-state index in [1.54, 1.807) is 14.2 Å². The lowest BCUT2D eigenvalue weighted by Crippen LogP contribution is -2.45. The lowest BCUT2D eigenvalue weighted by molar-refractivity contribution is 0.0243. The second-order valence-corrected chi connectivity index (χ2v) is 6.52. The first kappa shape index (κ1) is 18.2. The molecule has 1 saturated heterocycles. The highest BCUT2D eigenvalue weighted by Gasteiger charge is 2.29. The number of ether oxygens (including phenoxy) is 2. The minimum absolute atomic E-state index is 0.120.